The van der Waals surface area contributed by atoms with Gasteiger partial charge in [-0.05, 0) is 55.8 Å². The smallest absolute Gasteiger partial charge is 0.192 e. The molecular formula is C23H40O2Si. The van der Waals surface area contributed by atoms with Gasteiger partial charge in [-0.25, -0.2) is 0 Å². The van der Waals surface area contributed by atoms with Gasteiger partial charge < -0.3 is 4.43 Å². The van der Waals surface area contributed by atoms with Gasteiger partial charge in [0.1, 0.15) is 0 Å². The predicted molar refractivity (Wildman–Crippen MR) is 116 cm³/mol. The van der Waals surface area contributed by atoms with E-state index in [1.165, 1.54) is 5.57 Å². The molecule has 2 nitrogen and oxygen atoms in total. The zero-order valence-electron chi connectivity index (χ0n) is 18.5. The molecule has 0 heterocycles. The van der Waals surface area contributed by atoms with Gasteiger partial charge >= 0.3 is 0 Å². The van der Waals surface area contributed by atoms with Crippen molar-refractivity contribution in [1.29, 1.82) is 0 Å². The van der Waals surface area contributed by atoms with Crippen molar-refractivity contribution in [2.24, 2.45) is 17.8 Å². The van der Waals surface area contributed by atoms with E-state index in [0.717, 1.165) is 17.6 Å². The molecule has 0 aromatic carbocycles. The van der Waals surface area contributed by atoms with Gasteiger partial charge in [0.15, 0.2) is 14.1 Å². The lowest BCUT2D eigenvalue weighted by molar-refractivity contribution is -0.118. The average Bonchev–Trinajstić information content (AvgIpc) is 2.48. The summed E-state index contributed by atoms with van der Waals surface area (Å²) in [7, 11) is -1.96. The molecule has 0 radical (unpaired) electrons. The highest BCUT2D eigenvalue weighted by atomic mass is 28.4. The number of Topliss-reactive ketones (excluding diaryl/α,β-unsaturated/α-hetero) is 1. The maximum atomic E-state index is 12.6. The number of carbonyl (C=O) groups is 1. The Bertz CT molecular complexity index is 590. The first-order chi connectivity index (χ1) is 11.7. The van der Waals surface area contributed by atoms with Crippen LogP contribution >= 0.6 is 0 Å². The summed E-state index contributed by atoms with van der Waals surface area (Å²) >= 11 is 0. The molecule has 3 atom stereocenters. The third-order valence-electron chi connectivity index (χ3n) is 6.44. The minimum absolute atomic E-state index is 0.0405. The van der Waals surface area contributed by atoms with Gasteiger partial charge in [0, 0.05) is 12.3 Å². The Morgan fingerprint density at radius 2 is 1.88 bits per heavy atom. The standard InChI is InChI=1S/C23H40O2Si/c1-12-13-18-17(6)20(24)14-19(15(2)3)21(18)22(16(4)5)25-26(10,11)23(7,8)9/h12,15,19,21-22H,1,4,13-14H2,2-3,5-11H3/t19-,21?,22+/m0/s1. The van der Waals surface area contributed by atoms with Gasteiger partial charge in [0.05, 0.1) is 6.10 Å². The third-order valence-corrected chi connectivity index (χ3v) is 10.9. The minimum Gasteiger partial charge on any atom is -0.410 e. The average molecular weight is 377 g/mol. The van der Waals surface area contributed by atoms with Crippen molar-refractivity contribution >= 4 is 14.1 Å². The van der Waals surface area contributed by atoms with Crippen LogP contribution in [0.4, 0.5) is 0 Å². The summed E-state index contributed by atoms with van der Waals surface area (Å²) in [5.41, 5.74) is 3.19. The number of ketones is 1. The minimum atomic E-state index is -1.96. The van der Waals surface area contributed by atoms with E-state index in [-0.39, 0.29) is 28.8 Å². The number of hydrogen-bond acceptors (Lipinski definition) is 2. The number of rotatable bonds is 7. The molecule has 0 N–H and O–H groups in total. The monoisotopic (exact) mass is 376 g/mol. The van der Waals surface area contributed by atoms with E-state index < -0.39 is 8.32 Å². The summed E-state index contributed by atoms with van der Waals surface area (Å²) in [4.78, 5) is 12.6. The molecule has 1 aliphatic carbocycles. The fraction of sp³-hybridized carbons (Fsp3) is 0.696. The van der Waals surface area contributed by atoms with Crippen LogP contribution in [0.15, 0.2) is 36.0 Å². The second kappa shape index (κ2) is 8.39. The van der Waals surface area contributed by atoms with Crippen LogP contribution in [0.5, 0.6) is 0 Å². The molecule has 0 aromatic rings. The molecule has 1 aliphatic rings. The Morgan fingerprint density at radius 3 is 2.27 bits per heavy atom. The Morgan fingerprint density at radius 1 is 1.35 bits per heavy atom. The number of carbonyl (C=O) groups excluding carboxylic acids is 1. The summed E-state index contributed by atoms with van der Waals surface area (Å²) in [5.74, 6) is 1.19. The second-order valence-electron chi connectivity index (χ2n) is 9.85. The van der Waals surface area contributed by atoms with Crippen molar-refractivity contribution in [2.75, 3.05) is 0 Å². The molecule has 26 heavy (non-hydrogen) atoms. The zero-order chi connectivity index (χ0) is 20.4. The van der Waals surface area contributed by atoms with Crippen LogP contribution in [0.3, 0.4) is 0 Å². The maximum absolute atomic E-state index is 12.6. The Labute approximate surface area is 162 Å². The van der Waals surface area contributed by atoms with Crippen molar-refractivity contribution < 1.29 is 9.22 Å². The van der Waals surface area contributed by atoms with Crippen molar-refractivity contribution in [1.82, 2.24) is 0 Å². The van der Waals surface area contributed by atoms with Gasteiger partial charge in [0.2, 0.25) is 0 Å². The molecule has 0 bridgehead atoms. The molecule has 0 saturated carbocycles. The van der Waals surface area contributed by atoms with Crippen molar-refractivity contribution in [3.05, 3.63) is 36.0 Å². The van der Waals surface area contributed by atoms with Gasteiger partial charge in [-0.1, -0.05) is 58.4 Å². The summed E-state index contributed by atoms with van der Waals surface area (Å²) < 4.78 is 6.90. The first-order valence-corrected chi connectivity index (χ1v) is 12.8. The van der Waals surface area contributed by atoms with E-state index in [9.17, 15) is 4.79 Å². The van der Waals surface area contributed by atoms with E-state index in [2.05, 4.69) is 67.8 Å². The van der Waals surface area contributed by atoms with Crippen LogP contribution in [0.25, 0.3) is 0 Å². The van der Waals surface area contributed by atoms with E-state index in [4.69, 9.17) is 4.43 Å². The Hall–Kier alpha value is -0.933. The molecular weight excluding hydrogens is 336 g/mol. The van der Waals surface area contributed by atoms with E-state index in [1.807, 2.05) is 13.0 Å². The molecule has 0 amide bonds. The fourth-order valence-corrected chi connectivity index (χ4v) is 4.99. The molecule has 0 aromatic heterocycles. The lowest BCUT2D eigenvalue weighted by atomic mass is 9.66. The summed E-state index contributed by atoms with van der Waals surface area (Å²) in [6.45, 7) is 28.1. The SMILES string of the molecule is C=CCC1=C(C)C(=O)C[C@@H](C(C)C)C1[C@H](O[Si](C)(C)C(C)(C)C)C(=C)C. The van der Waals surface area contributed by atoms with Crippen LogP contribution < -0.4 is 0 Å². The highest BCUT2D eigenvalue weighted by Gasteiger charge is 2.45. The predicted octanol–water partition coefficient (Wildman–Crippen LogP) is 6.71. The van der Waals surface area contributed by atoms with Gasteiger partial charge in [-0.2, -0.15) is 0 Å². The van der Waals surface area contributed by atoms with Crippen LogP contribution in [-0.4, -0.2) is 20.2 Å². The third kappa shape index (κ3) is 4.86. The van der Waals surface area contributed by atoms with Crippen molar-refractivity contribution in [3.63, 3.8) is 0 Å². The van der Waals surface area contributed by atoms with E-state index >= 15 is 0 Å². The Kier molecular flexibility index (Phi) is 7.46. The van der Waals surface area contributed by atoms with Gasteiger partial charge in [0.25, 0.3) is 0 Å². The molecule has 0 aliphatic heterocycles. The van der Waals surface area contributed by atoms with Crippen LogP contribution in [0, 0.1) is 17.8 Å². The first-order valence-electron chi connectivity index (χ1n) is 9.91. The van der Waals surface area contributed by atoms with Crippen molar-refractivity contribution in [2.45, 2.75) is 85.5 Å². The highest BCUT2D eigenvalue weighted by molar-refractivity contribution is 6.74. The van der Waals surface area contributed by atoms with E-state index in [1.54, 1.807) is 0 Å². The molecule has 0 fully saturated rings. The fourth-order valence-electron chi connectivity index (χ4n) is 3.66. The molecule has 1 rings (SSSR count). The Balaban J connectivity index is 3.49. The lowest BCUT2D eigenvalue weighted by Crippen LogP contribution is -2.49. The van der Waals surface area contributed by atoms with Crippen LogP contribution in [-0.2, 0) is 9.22 Å². The number of allylic oxidation sites excluding steroid dienone is 2. The largest absolute Gasteiger partial charge is 0.410 e. The normalized spacial score (nSPS) is 23.4. The molecule has 148 valence electrons. The van der Waals surface area contributed by atoms with Gasteiger partial charge in [-0.3, -0.25) is 4.79 Å². The van der Waals surface area contributed by atoms with Crippen LogP contribution in [0.1, 0.15) is 61.3 Å². The van der Waals surface area contributed by atoms with Gasteiger partial charge in [-0.15, -0.1) is 6.58 Å². The summed E-state index contributed by atoms with van der Waals surface area (Å²) in [6, 6.07) is 0. The maximum Gasteiger partial charge on any atom is 0.192 e. The summed E-state index contributed by atoms with van der Waals surface area (Å²) in [6.07, 6.45) is 3.24. The second-order valence-corrected chi connectivity index (χ2v) is 14.6. The molecule has 3 heteroatoms. The first kappa shape index (κ1) is 23.1. The van der Waals surface area contributed by atoms with Crippen molar-refractivity contribution in [3.8, 4) is 0 Å². The topological polar surface area (TPSA) is 26.3 Å². The van der Waals surface area contributed by atoms with E-state index in [0.29, 0.717) is 12.3 Å². The quantitative estimate of drug-likeness (QED) is 0.365. The lowest BCUT2D eigenvalue weighted by Gasteiger charge is -2.46. The highest BCUT2D eigenvalue weighted by Crippen LogP contribution is 2.46. The number of hydrogen-bond donors (Lipinski definition) is 0. The summed E-state index contributed by atoms with van der Waals surface area (Å²) in [5, 5.41) is 0.135. The molecule has 1 unspecified atom stereocenters. The molecule has 0 spiro atoms. The van der Waals surface area contributed by atoms with Crippen LogP contribution in [0.2, 0.25) is 18.1 Å². The molecule has 0 saturated heterocycles. The zero-order valence-corrected chi connectivity index (χ0v) is 19.5.